The molecule has 9 nitrogen and oxygen atoms in total. The van der Waals surface area contributed by atoms with Crippen LogP contribution in [0.1, 0.15) is 37.1 Å². The molecule has 3 rings (SSSR count). The first-order valence-corrected chi connectivity index (χ1v) is 8.17. The van der Waals surface area contributed by atoms with Crippen LogP contribution in [-0.4, -0.2) is 35.0 Å². The number of hydrogen-bond acceptors (Lipinski definition) is 7. The summed E-state index contributed by atoms with van der Waals surface area (Å²) in [6, 6.07) is 12.3. The third kappa shape index (κ3) is 4.39. The Bertz CT molecular complexity index is 1040. The van der Waals surface area contributed by atoms with Crippen molar-refractivity contribution < 1.29 is 23.6 Å². The highest BCUT2D eigenvalue weighted by atomic mass is 16.5. The monoisotopic (exact) mass is 380 g/mol. The van der Waals surface area contributed by atoms with Crippen molar-refractivity contribution in [1.29, 1.82) is 0 Å². The van der Waals surface area contributed by atoms with Crippen molar-refractivity contribution in [2.24, 2.45) is 0 Å². The first-order valence-electron chi connectivity index (χ1n) is 8.17. The Balaban J connectivity index is 1.73. The van der Waals surface area contributed by atoms with E-state index in [1.807, 2.05) is 0 Å². The number of benzene rings is 1. The zero-order valence-electron chi connectivity index (χ0n) is 15.1. The molecule has 0 saturated carbocycles. The second-order valence-corrected chi connectivity index (χ2v) is 5.71. The van der Waals surface area contributed by atoms with Crippen LogP contribution in [0.15, 0.2) is 53.1 Å². The first kappa shape index (κ1) is 18.8. The quantitative estimate of drug-likeness (QED) is 0.652. The summed E-state index contributed by atoms with van der Waals surface area (Å²) in [4.78, 5) is 40.4. The maximum atomic E-state index is 12.5. The molecule has 9 heteroatoms. The van der Waals surface area contributed by atoms with Gasteiger partial charge in [-0.3, -0.25) is 9.59 Å². The number of ether oxygens (including phenoxy) is 1. The summed E-state index contributed by atoms with van der Waals surface area (Å²) < 4.78 is 9.54. The molecule has 2 N–H and O–H groups in total. The van der Waals surface area contributed by atoms with E-state index in [1.165, 1.54) is 31.4 Å². The molecule has 0 radical (unpaired) electrons. The molecule has 0 aliphatic rings. The normalized spacial score (nSPS) is 10.2. The van der Waals surface area contributed by atoms with Crippen LogP contribution in [0.25, 0.3) is 0 Å². The van der Waals surface area contributed by atoms with E-state index in [-0.39, 0.29) is 17.2 Å². The Morgan fingerprint density at radius 2 is 1.64 bits per heavy atom. The molecule has 0 spiro atoms. The van der Waals surface area contributed by atoms with Crippen molar-refractivity contribution in [1.82, 2.24) is 10.1 Å². The number of anilines is 2. The van der Waals surface area contributed by atoms with Gasteiger partial charge in [0.25, 0.3) is 11.8 Å². The summed E-state index contributed by atoms with van der Waals surface area (Å²) in [6.07, 6.45) is 0. The number of aromatic nitrogens is 2. The van der Waals surface area contributed by atoms with E-state index in [4.69, 9.17) is 4.52 Å². The van der Waals surface area contributed by atoms with Crippen LogP contribution in [0.4, 0.5) is 11.5 Å². The molecular weight excluding hydrogens is 364 g/mol. The average Bonchev–Trinajstić information content (AvgIpc) is 3.12. The number of methoxy groups -OCH3 is 1. The molecule has 2 heterocycles. The van der Waals surface area contributed by atoms with Crippen LogP contribution in [-0.2, 0) is 4.74 Å². The molecule has 2 aromatic heterocycles. The fraction of sp³-hybridized carbons (Fsp3) is 0.105. The molecule has 0 atom stereocenters. The fourth-order valence-electron chi connectivity index (χ4n) is 2.33. The lowest BCUT2D eigenvalue weighted by atomic mass is 10.2. The second kappa shape index (κ2) is 8.12. The van der Waals surface area contributed by atoms with Gasteiger partial charge in [-0.05, 0) is 37.3 Å². The van der Waals surface area contributed by atoms with Gasteiger partial charge in [-0.1, -0.05) is 17.3 Å². The van der Waals surface area contributed by atoms with E-state index in [2.05, 4.69) is 25.5 Å². The van der Waals surface area contributed by atoms with Gasteiger partial charge in [-0.25, -0.2) is 9.78 Å². The molecule has 3 aromatic rings. The SMILES string of the molecule is COC(=O)c1cccc(NC(=O)c2cccc(C(=O)Nc3cc(C)on3)n2)c1. The van der Waals surface area contributed by atoms with Crippen molar-refractivity contribution in [2.75, 3.05) is 17.7 Å². The van der Waals surface area contributed by atoms with Gasteiger partial charge in [0.15, 0.2) is 5.82 Å². The minimum atomic E-state index is -0.533. The van der Waals surface area contributed by atoms with E-state index in [0.717, 1.165) is 0 Å². The first-order chi connectivity index (χ1) is 13.5. The second-order valence-electron chi connectivity index (χ2n) is 5.71. The molecule has 142 valence electrons. The summed E-state index contributed by atoms with van der Waals surface area (Å²) in [5.74, 6) is -0.787. The Labute approximate surface area is 159 Å². The third-order valence-corrected chi connectivity index (χ3v) is 3.63. The van der Waals surface area contributed by atoms with E-state index < -0.39 is 17.8 Å². The van der Waals surface area contributed by atoms with Crippen molar-refractivity contribution in [3.05, 3.63) is 71.2 Å². The van der Waals surface area contributed by atoms with Crippen LogP contribution in [0.5, 0.6) is 0 Å². The van der Waals surface area contributed by atoms with Crippen LogP contribution in [0.2, 0.25) is 0 Å². The van der Waals surface area contributed by atoms with Gasteiger partial charge in [0.05, 0.1) is 12.7 Å². The summed E-state index contributed by atoms with van der Waals surface area (Å²) >= 11 is 0. The molecule has 0 unspecified atom stereocenters. The van der Waals surface area contributed by atoms with Gasteiger partial charge in [0.2, 0.25) is 0 Å². The number of carbonyl (C=O) groups is 3. The van der Waals surface area contributed by atoms with Crippen LogP contribution >= 0.6 is 0 Å². The minimum absolute atomic E-state index is 0.0347. The van der Waals surface area contributed by atoms with E-state index in [9.17, 15) is 14.4 Å². The van der Waals surface area contributed by atoms with Crippen molar-refractivity contribution in [2.45, 2.75) is 6.92 Å². The van der Waals surface area contributed by atoms with Gasteiger partial charge in [0, 0.05) is 11.8 Å². The number of nitrogens with one attached hydrogen (secondary N) is 2. The number of nitrogens with zero attached hydrogens (tertiary/aromatic N) is 2. The van der Waals surface area contributed by atoms with E-state index in [0.29, 0.717) is 17.0 Å². The molecule has 0 saturated heterocycles. The molecule has 0 aliphatic carbocycles. The maximum Gasteiger partial charge on any atom is 0.337 e. The van der Waals surface area contributed by atoms with Crippen molar-refractivity contribution in [3.8, 4) is 0 Å². The Kier molecular flexibility index (Phi) is 5.45. The Morgan fingerprint density at radius 3 is 2.29 bits per heavy atom. The Morgan fingerprint density at radius 1 is 0.964 bits per heavy atom. The predicted octanol–water partition coefficient (Wildman–Crippen LogP) is 2.67. The highest BCUT2D eigenvalue weighted by Crippen LogP contribution is 2.13. The van der Waals surface area contributed by atoms with Crippen molar-refractivity contribution in [3.63, 3.8) is 0 Å². The summed E-state index contributed by atoms with van der Waals surface area (Å²) in [5.41, 5.74) is 0.760. The van der Waals surface area contributed by atoms with Crippen molar-refractivity contribution >= 4 is 29.3 Å². The Hall–Kier alpha value is -4.01. The molecule has 0 bridgehead atoms. The van der Waals surface area contributed by atoms with Gasteiger partial charge < -0.3 is 19.9 Å². The standard InChI is InChI=1S/C19H16N4O5/c1-11-9-16(23-28-11)22-18(25)15-8-4-7-14(21-15)17(24)20-13-6-3-5-12(10-13)19(26)27-2/h3-10H,1-2H3,(H,20,24)(H,22,23,25). The van der Waals surface area contributed by atoms with Crippen LogP contribution in [0.3, 0.4) is 0 Å². The smallest absolute Gasteiger partial charge is 0.337 e. The average molecular weight is 380 g/mol. The zero-order valence-corrected chi connectivity index (χ0v) is 15.1. The largest absolute Gasteiger partial charge is 0.465 e. The third-order valence-electron chi connectivity index (χ3n) is 3.63. The van der Waals surface area contributed by atoms with Crippen LogP contribution < -0.4 is 10.6 Å². The molecule has 28 heavy (non-hydrogen) atoms. The highest BCUT2D eigenvalue weighted by Gasteiger charge is 2.15. The number of pyridine rings is 1. The molecule has 0 aliphatic heterocycles. The molecule has 1 aromatic carbocycles. The lowest BCUT2D eigenvalue weighted by molar-refractivity contribution is 0.0600. The number of hydrogen-bond donors (Lipinski definition) is 2. The van der Waals surface area contributed by atoms with Gasteiger partial charge in [0.1, 0.15) is 17.1 Å². The van der Waals surface area contributed by atoms with Gasteiger partial charge in [-0.2, -0.15) is 0 Å². The van der Waals surface area contributed by atoms with E-state index >= 15 is 0 Å². The predicted molar refractivity (Wildman–Crippen MR) is 99.2 cm³/mol. The summed E-state index contributed by atoms with van der Waals surface area (Å²) in [6.45, 7) is 1.70. The number of amides is 2. The zero-order chi connectivity index (χ0) is 20.1. The number of rotatable bonds is 5. The topological polar surface area (TPSA) is 123 Å². The highest BCUT2D eigenvalue weighted by molar-refractivity contribution is 6.06. The minimum Gasteiger partial charge on any atom is -0.465 e. The lowest BCUT2D eigenvalue weighted by Gasteiger charge is -2.07. The number of aryl methyl sites for hydroxylation is 1. The van der Waals surface area contributed by atoms with Gasteiger partial charge in [-0.15, -0.1) is 0 Å². The number of esters is 1. The number of carbonyl (C=O) groups excluding carboxylic acids is 3. The van der Waals surface area contributed by atoms with Gasteiger partial charge >= 0.3 is 5.97 Å². The fourth-order valence-corrected chi connectivity index (χ4v) is 2.33. The lowest BCUT2D eigenvalue weighted by Crippen LogP contribution is -2.18. The van der Waals surface area contributed by atoms with E-state index in [1.54, 1.807) is 31.2 Å². The van der Waals surface area contributed by atoms with Crippen LogP contribution in [0, 0.1) is 6.92 Å². The molecule has 2 amide bonds. The molecule has 0 fully saturated rings. The maximum absolute atomic E-state index is 12.5. The summed E-state index contributed by atoms with van der Waals surface area (Å²) in [7, 11) is 1.27. The summed E-state index contributed by atoms with van der Waals surface area (Å²) in [5, 5.41) is 8.83. The molecular formula is C19H16N4O5.